The molecule has 4 nitrogen and oxygen atoms in total. The first-order chi connectivity index (χ1) is 6.15. The molecule has 0 aliphatic heterocycles. The molecule has 1 aromatic heterocycles. The Hall–Kier alpha value is -1.45. The van der Waals surface area contributed by atoms with Crippen LogP contribution in [-0.2, 0) is 11.2 Å². The number of carbonyl (C=O) groups excluding carboxylic acids is 1. The summed E-state index contributed by atoms with van der Waals surface area (Å²) >= 11 is 0. The summed E-state index contributed by atoms with van der Waals surface area (Å²) in [6.07, 6.45) is 2.18. The van der Waals surface area contributed by atoms with E-state index in [1.807, 2.05) is 13.8 Å². The molecule has 0 aliphatic carbocycles. The highest BCUT2D eigenvalue weighted by molar-refractivity contribution is 5.55. The summed E-state index contributed by atoms with van der Waals surface area (Å²) in [5, 5.41) is 9.26. The summed E-state index contributed by atoms with van der Waals surface area (Å²) in [6.45, 7) is 3.91. The number of rotatable bonds is 3. The number of aromatic nitrogens is 2. The third kappa shape index (κ3) is 2.24. The zero-order chi connectivity index (χ0) is 9.84. The number of hydrogen-bond acceptors (Lipinski definition) is 4. The summed E-state index contributed by atoms with van der Waals surface area (Å²) < 4.78 is 0. The number of hydrogen-bond donors (Lipinski definition) is 1. The fourth-order valence-corrected chi connectivity index (χ4v) is 0.934. The molecule has 1 N–H and O–H groups in total. The quantitative estimate of drug-likeness (QED) is 0.706. The molecule has 0 aromatic carbocycles. The Labute approximate surface area is 76.7 Å². The van der Waals surface area contributed by atoms with Gasteiger partial charge in [-0.1, -0.05) is 13.8 Å². The van der Waals surface area contributed by atoms with Crippen molar-refractivity contribution >= 4 is 6.29 Å². The van der Waals surface area contributed by atoms with Crippen LogP contribution in [0.25, 0.3) is 0 Å². The molecule has 0 saturated carbocycles. The van der Waals surface area contributed by atoms with Crippen molar-refractivity contribution in [1.82, 2.24) is 9.97 Å². The minimum absolute atomic E-state index is 0.0171. The average Bonchev–Trinajstić information content (AvgIpc) is 2.08. The Morgan fingerprint density at radius 3 is 2.85 bits per heavy atom. The van der Waals surface area contributed by atoms with Crippen LogP contribution >= 0.6 is 0 Å². The number of aromatic hydroxyl groups is 1. The van der Waals surface area contributed by atoms with E-state index in [9.17, 15) is 9.90 Å². The maximum atomic E-state index is 10.2. The summed E-state index contributed by atoms with van der Waals surface area (Å²) in [5.41, 5.74) is 0.397. The average molecular weight is 180 g/mol. The Balaban J connectivity index is 3.03. The van der Waals surface area contributed by atoms with Gasteiger partial charge in [-0.3, -0.25) is 0 Å². The van der Waals surface area contributed by atoms with Crippen LogP contribution in [0, 0.1) is 0 Å². The van der Waals surface area contributed by atoms with Crippen LogP contribution in [0.3, 0.4) is 0 Å². The lowest BCUT2D eigenvalue weighted by molar-refractivity contribution is -0.107. The van der Waals surface area contributed by atoms with E-state index in [1.54, 1.807) is 0 Å². The molecule has 0 saturated heterocycles. The highest BCUT2D eigenvalue weighted by atomic mass is 16.3. The van der Waals surface area contributed by atoms with Gasteiger partial charge in [0.25, 0.3) is 0 Å². The lowest BCUT2D eigenvalue weighted by Gasteiger charge is -2.05. The summed E-state index contributed by atoms with van der Waals surface area (Å²) in [6, 6.07) is 0. The van der Waals surface area contributed by atoms with Gasteiger partial charge in [-0.15, -0.1) is 0 Å². The van der Waals surface area contributed by atoms with Crippen LogP contribution < -0.4 is 0 Å². The fourth-order valence-electron chi connectivity index (χ4n) is 0.934. The van der Waals surface area contributed by atoms with Gasteiger partial charge in [0.1, 0.15) is 12.1 Å². The molecule has 0 amide bonds. The molecule has 0 atom stereocenters. The first kappa shape index (κ1) is 9.64. The number of aldehydes is 1. The molecule has 13 heavy (non-hydrogen) atoms. The molecular weight excluding hydrogens is 168 g/mol. The zero-order valence-corrected chi connectivity index (χ0v) is 7.69. The Morgan fingerprint density at radius 1 is 1.62 bits per heavy atom. The highest BCUT2D eigenvalue weighted by Crippen LogP contribution is 2.16. The molecule has 0 bridgehead atoms. The molecule has 0 aliphatic rings. The zero-order valence-electron chi connectivity index (χ0n) is 7.69. The Kier molecular flexibility index (Phi) is 2.95. The summed E-state index contributed by atoms with van der Waals surface area (Å²) in [4.78, 5) is 18.2. The third-order valence-corrected chi connectivity index (χ3v) is 1.66. The first-order valence-electron chi connectivity index (χ1n) is 4.13. The molecular formula is C9H12N2O2. The third-order valence-electron chi connectivity index (χ3n) is 1.66. The van der Waals surface area contributed by atoms with Crippen molar-refractivity contribution in [3.63, 3.8) is 0 Å². The molecule has 0 spiro atoms. The minimum atomic E-state index is -0.0171. The van der Waals surface area contributed by atoms with E-state index in [1.165, 1.54) is 6.20 Å². The molecule has 0 radical (unpaired) electrons. The van der Waals surface area contributed by atoms with Crippen LogP contribution in [0.2, 0.25) is 0 Å². The van der Waals surface area contributed by atoms with E-state index >= 15 is 0 Å². The van der Waals surface area contributed by atoms with Gasteiger partial charge in [0.2, 0.25) is 0 Å². The van der Waals surface area contributed by atoms with Gasteiger partial charge >= 0.3 is 0 Å². The second-order valence-electron chi connectivity index (χ2n) is 3.09. The van der Waals surface area contributed by atoms with Crippen LogP contribution in [-0.4, -0.2) is 21.4 Å². The van der Waals surface area contributed by atoms with E-state index in [-0.39, 0.29) is 18.1 Å². The first-order valence-corrected chi connectivity index (χ1v) is 4.13. The van der Waals surface area contributed by atoms with E-state index in [0.29, 0.717) is 17.8 Å². The number of nitrogens with zero attached hydrogens (tertiary/aromatic N) is 2. The molecule has 0 unspecified atom stereocenters. The second kappa shape index (κ2) is 3.98. The second-order valence-corrected chi connectivity index (χ2v) is 3.09. The van der Waals surface area contributed by atoms with E-state index in [4.69, 9.17) is 0 Å². The van der Waals surface area contributed by atoms with Crippen LogP contribution in [0.4, 0.5) is 0 Å². The molecule has 1 rings (SSSR count). The molecule has 4 heteroatoms. The van der Waals surface area contributed by atoms with Crippen molar-refractivity contribution in [1.29, 1.82) is 0 Å². The van der Waals surface area contributed by atoms with Crippen molar-refractivity contribution in [2.24, 2.45) is 0 Å². The van der Waals surface area contributed by atoms with Crippen LogP contribution in [0.1, 0.15) is 31.3 Å². The molecule has 1 aromatic rings. The van der Waals surface area contributed by atoms with Gasteiger partial charge in [0, 0.05) is 12.3 Å². The Morgan fingerprint density at radius 2 is 2.31 bits per heavy atom. The van der Waals surface area contributed by atoms with Gasteiger partial charge in [-0.2, -0.15) is 0 Å². The molecule has 70 valence electrons. The van der Waals surface area contributed by atoms with Crippen molar-refractivity contribution in [2.45, 2.75) is 26.2 Å². The highest BCUT2D eigenvalue weighted by Gasteiger charge is 2.07. The smallest absolute Gasteiger partial charge is 0.155 e. The monoisotopic (exact) mass is 180 g/mol. The van der Waals surface area contributed by atoms with E-state index in [2.05, 4.69) is 9.97 Å². The lowest BCUT2D eigenvalue weighted by atomic mass is 10.2. The number of carbonyl (C=O) groups is 1. The van der Waals surface area contributed by atoms with Crippen molar-refractivity contribution in [2.75, 3.05) is 0 Å². The van der Waals surface area contributed by atoms with Crippen molar-refractivity contribution in [3.8, 4) is 5.75 Å². The van der Waals surface area contributed by atoms with Crippen LogP contribution in [0.15, 0.2) is 6.20 Å². The maximum absolute atomic E-state index is 10.2. The fraction of sp³-hybridized carbons (Fsp3) is 0.444. The van der Waals surface area contributed by atoms with Gasteiger partial charge in [0.15, 0.2) is 5.75 Å². The normalized spacial score (nSPS) is 10.4. The predicted molar refractivity (Wildman–Crippen MR) is 47.6 cm³/mol. The van der Waals surface area contributed by atoms with Crippen molar-refractivity contribution in [3.05, 3.63) is 17.7 Å². The topological polar surface area (TPSA) is 63.1 Å². The summed E-state index contributed by atoms with van der Waals surface area (Å²) in [7, 11) is 0. The van der Waals surface area contributed by atoms with E-state index < -0.39 is 0 Å². The standard InChI is InChI=1S/C9H12N2O2/c1-6(2)9-10-5-8(13)7(11-9)3-4-12/h4-6,13H,3H2,1-2H3. The van der Waals surface area contributed by atoms with Gasteiger partial charge in [-0.05, 0) is 0 Å². The largest absolute Gasteiger partial charge is 0.504 e. The predicted octanol–water partition coefficient (Wildman–Crippen LogP) is 1.05. The Bertz CT molecular complexity index is 310. The SMILES string of the molecule is CC(C)c1ncc(O)c(CC=O)n1. The van der Waals surface area contributed by atoms with Gasteiger partial charge in [-0.25, -0.2) is 9.97 Å². The lowest BCUT2D eigenvalue weighted by Crippen LogP contribution is -2.01. The van der Waals surface area contributed by atoms with Crippen molar-refractivity contribution < 1.29 is 9.90 Å². The maximum Gasteiger partial charge on any atom is 0.155 e. The minimum Gasteiger partial charge on any atom is -0.504 e. The van der Waals surface area contributed by atoms with E-state index in [0.717, 1.165) is 0 Å². The molecule has 1 heterocycles. The van der Waals surface area contributed by atoms with Gasteiger partial charge < -0.3 is 9.90 Å². The summed E-state index contributed by atoms with van der Waals surface area (Å²) in [5.74, 6) is 0.831. The van der Waals surface area contributed by atoms with Gasteiger partial charge in [0.05, 0.1) is 11.9 Å². The molecule has 0 fully saturated rings. The van der Waals surface area contributed by atoms with Crippen LogP contribution in [0.5, 0.6) is 5.75 Å².